The Morgan fingerprint density at radius 1 is 1.47 bits per heavy atom. The monoisotopic (exact) mass is 238 g/mol. The van der Waals surface area contributed by atoms with Crippen molar-refractivity contribution in [3.63, 3.8) is 0 Å². The maximum Gasteiger partial charge on any atom is 0.0719 e. The Kier molecular flexibility index (Phi) is 4.26. The van der Waals surface area contributed by atoms with E-state index in [1.165, 1.54) is 37.7 Å². The summed E-state index contributed by atoms with van der Waals surface area (Å²) in [5, 5.41) is 9.08. The summed E-state index contributed by atoms with van der Waals surface area (Å²) in [6, 6.07) is 0. The third kappa shape index (κ3) is 2.92. The van der Waals surface area contributed by atoms with Gasteiger partial charge in [-0.15, -0.1) is 0 Å². The van der Waals surface area contributed by atoms with E-state index in [2.05, 4.69) is 19.9 Å². The van der Waals surface area contributed by atoms with E-state index in [0.29, 0.717) is 18.6 Å². The maximum atomic E-state index is 9.08. The van der Waals surface area contributed by atoms with Crippen LogP contribution >= 0.6 is 0 Å². The van der Waals surface area contributed by atoms with Gasteiger partial charge in [0, 0.05) is 6.61 Å². The first kappa shape index (κ1) is 13.1. The second kappa shape index (κ2) is 5.53. The van der Waals surface area contributed by atoms with E-state index in [1.807, 2.05) is 0 Å². The molecule has 1 aliphatic carbocycles. The van der Waals surface area contributed by atoms with Crippen molar-refractivity contribution in [3.05, 3.63) is 11.6 Å². The molecule has 1 fully saturated rings. The minimum atomic E-state index is 0.0688. The van der Waals surface area contributed by atoms with Crippen molar-refractivity contribution in [1.82, 2.24) is 0 Å². The second-order valence-electron chi connectivity index (χ2n) is 5.88. The van der Waals surface area contributed by atoms with E-state index >= 15 is 0 Å². The summed E-state index contributed by atoms with van der Waals surface area (Å²) in [6.45, 7) is 4.71. The van der Waals surface area contributed by atoms with Gasteiger partial charge in [0.2, 0.25) is 0 Å². The Balaban J connectivity index is 2.05. The van der Waals surface area contributed by atoms with Crippen molar-refractivity contribution in [1.29, 1.82) is 0 Å². The molecule has 0 spiro atoms. The molecule has 17 heavy (non-hydrogen) atoms. The average molecular weight is 238 g/mol. The fourth-order valence-electron chi connectivity index (χ4n) is 3.48. The summed E-state index contributed by atoms with van der Waals surface area (Å²) in [7, 11) is 0. The van der Waals surface area contributed by atoms with Crippen LogP contribution in [0.4, 0.5) is 0 Å². The average Bonchev–Trinajstić information content (AvgIpc) is 2.70. The molecule has 0 bridgehead atoms. The van der Waals surface area contributed by atoms with Crippen LogP contribution in [0.1, 0.15) is 58.8 Å². The van der Waals surface area contributed by atoms with Crippen LogP contribution in [0, 0.1) is 5.92 Å². The smallest absolute Gasteiger partial charge is 0.0719 e. The summed E-state index contributed by atoms with van der Waals surface area (Å²) in [5.74, 6) is 0.669. The molecule has 0 aromatic heterocycles. The van der Waals surface area contributed by atoms with Gasteiger partial charge in [0.25, 0.3) is 0 Å². The fraction of sp³-hybridized carbons (Fsp3) is 0.867. The van der Waals surface area contributed by atoms with Crippen molar-refractivity contribution in [2.24, 2.45) is 5.92 Å². The number of rotatable bonds is 4. The van der Waals surface area contributed by atoms with E-state index in [4.69, 9.17) is 9.84 Å². The fourth-order valence-corrected chi connectivity index (χ4v) is 3.48. The number of ether oxygens (including phenoxy) is 1. The molecule has 1 heterocycles. The predicted molar refractivity (Wildman–Crippen MR) is 69.9 cm³/mol. The summed E-state index contributed by atoms with van der Waals surface area (Å²) in [4.78, 5) is 0. The number of aliphatic hydroxyl groups excluding tert-OH is 1. The SMILES string of the molecule is CC1=CCC(C2(CCCO)CCC(C)O2)CC1. The number of aliphatic hydroxyl groups is 1. The number of hydrogen-bond acceptors (Lipinski definition) is 2. The molecule has 3 unspecified atom stereocenters. The molecule has 0 radical (unpaired) electrons. The first-order valence-electron chi connectivity index (χ1n) is 7.10. The topological polar surface area (TPSA) is 29.5 Å². The van der Waals surface area contributed by atoms with E-state index < -0.39 is 0 Å². The quantitative estimate of drug-likeness (QED) is 0.760. The first-order valence-corrected chi connectivity index (χ1v) is 7.10. The first-order chi connectivity index (χ1) is 8.16. The van der Waals surface area contributed by atoms with Gasteiger partial charge in [-0.05, 0) is 64.7 Å². The van der Waals surface area contributed by atoms with Crippen molar-refractivity contribution >= 4 is 0 Å². The Morgan fingerprint density at radius 3 is 2.82 bits per heavy atom. The van der Waals surface area contributed by atoms with Gasteiger partial charge in [-0.1, -0.05) is 11.6 Å². The van der Waals surface area contributed by atoms with Crippen LogP contribution in [0.15, 0.2) is 11.6 Å². The molecule has 0 saturated carbocycles. The summed E-state index contributed by atoms with van der Waals surface area (Å²) in [5.41, 5.74) is 1.60. The van der Waals surface area contributed by atoms with E-state index in [0.717, 1.165) is 12.8 Å². The normalized spacial score (nSPS) is 38.2. The Morgan fingerprint density at radius 2 is 2.29 bits per heavy atom. The molecule has 1 saturated heterocycles. The highest BCUT2D eigenvalue weighted by Crippen LogP contribution is 2.45. The van der Waals surface area contributed by atoms with Gasteiger partial charge >= 0.3 is 0 Å². The summed E-state index contributed by atoms with van der Waals surface area (Å²) in [6.07, 6.45) is 10.7. The van der Waals surface area contributed by atoms with E-state index in [1.54, 1.807) is 0 Å². The third-order valence-electron chi connectivity index (χ3n) is 4.55. The van der Waals surface area contributed by atoms with Gasteiger partial charge in [-0.25, -0.2) is 0 Å². The zero-order valence-electron chi connectivity index (χ0n) is 11.2. The van der Waals surface area contributed by atoms with Crippen LogP contribution < -0.4 is 0 Å². The molecular weight excluding hydrogens is 212 g/mol. The van der Waals surface area contributed by atoms with E-state index in [-0.39, 0.29) is 5.60 Å². The zero-order valence-corrected chi connectivity index (χ0v) is 11.2. The van der Waals surface area contributed by atoms with Gasteiger partial charge < -0.3 is 9.84 Å². The minimum absolute atomic E-state index is 0.0688. The largest absolute Gasteiger partial charge is 0.396 e. The maximum absolute atomic E-state index is 9.08. The van der Waals surface area contributed by atoms with Crippen LogP contribution in [0.3, 0.4) is 0 Å². The highest BCUT2D eigenvalue weighted by atomic mass is 16.5. The molecule has 1 N–H and O–H groups in total. The molecule has 2 nitrogen and oxygen atoms in total. The molecule has 98 valence electrons. The molecule has 2 aliphatic rings. The number of hydrogen-bond donors (Lipinski definition) is 1. The van der Waals surface area contributed by atoms with Crippen LogP contribution in [-0.2, 0) is 4.74 Å². The van der Waals surface area contributed by atoms with Gasteiger partial charge in [0.15, 0.2) is 0 Å². The molecular formula is C15H26O2. The lowest BCUT2D eigenvalue weighted by Gasteiger charge is -2.39. The molecule has 1 aliphatic heterocycles. The lowest BCUT2D eigenvalue weighted by atomic mass is 9.74. The van der Waals surface area contributed by atoms with E-state index in [9.17, 15) is 0 Å². The Hall–Kier alpha value is -0.340. The van der Waals surface area contributed by atoms with Crippen LogP contribution in [0.25, 0.3) is 0 Å². The Bertz CT molecular complexity index is 285. The summed E-state index contributed by atoms with van der Waals surface area (Å²) < 4.78 is 6.29. The standard InChI is InChI=1S/C15H26O2/c1-12-4-6-14(7-5-12)15(9-3-11-16)10-8-13(2)17-15/h4,13-14,16H,3,5-11H2,1-2H3. The highest BCUT2D eigenvalue weighted by molar-refractivity contribution is 5.07. The molecule has 0 aromatic carbocycles. The van der Waals surface area contributed by atoms with Crippen LogP contribution in [-0.4, -0.2) is 23.4 Å². The number of allylic oxidation sites excluding steroid dienone is 2. The molecule has 0 amide bonds. The lowest BCUT2D eigenvalue weighted by Crippen LogP contribution is -2.39. The molecule has 2 rings (SSSR count). The van der Waals surface area contributed by atoms with Crippen molar-refractivity contribution in [3.8, 4) is 0 Å². The third-order valence-corrected chi connectivity index (χ3v) is 4.55. The van der Waals surface area contributed by atoms with Gasteiger partial charge in [0.1, 0.15) is 0 Å². The van der Waals surface area contributed by atoms with Gasteiger partial charge in [0.05, 0.1) is 11.7 Å². The highest BCUT2D eigenvalue weighted by Gasteiger charge is 2.44. The van der Waals surface area contributed by atoms with Gasteiger partial charge in [-0.2, -0.15) is 0 Å². The van der Waals surface area contributed by atoms with Crippen molar-refractivity contribution in [2.75, 3.05) is 6.61 Å². The van der Waals surface area contributed by atoms with Crippen LogP contribution in [0.5, 0.6) is 0 Å². The van der Waals surface area contributed by atoms with Crippen molar-refractivity contribution in [2.45, 2.75) is 70.5 Å². The zero-order chi connectivity index (χ0) is 12.3. The van der Waals surface area contributed by atoms with Gasteiger partial charge in [-0.3, -0.25) is 0 Å². The minimum Gasteiger partial charge on any atom is -0.396 e. The predicted octanol–water partition coefficient (Wildman–Crippen LogP) is 3.44. The Labute approximate surface area is 105 Å². The second-order valence-corrected chi connectivity index (χ2v) is 5.88. The lowest BCUT2D eigenvalue weighted by molar-refractivity contribution is -0.0851. The van der Waals surface area contributed by atoms with Crippen molar-refractivity contribution < 1.29 is 9.84 Å². The molecule has 0 aromatic rings. The molecule has 3 atom stereocenters. The summed E-state index contributed by atoms with van der Waals surface area (Å²) >= 11 is 0. The van der Waals surface area contributed by atoms with Crippen LogP contribution in [0.2, 0.25) is 0 Å². The molecule has 2 heteroatoms.